The molecule has 0 aromatic carbocycles. The van der Waals surface area contributed by atoms with Gasteiger partial charge in [0.05, 0.1) is 11.5 Å². The van der Waals surface area contributed by atoms with Gasteiger partial charge in [-0.15, -0.1) is 11.8 Å². The predicted molar refractivity (Wildman–Crippen MR) is 59.4 cm³/mol. The van der Waals surface area contributed by atoms with E-state index in [-0.39, 0.29) is 5.91 Å². The van der Waals surface area contributed by atoms with Crippen LogP contribution in [-0.2, 0) is 4.79 Å². The summed E-state index contributed by atoms with van der Waals surface area (Å²) >= 11 is 1.57. The molecule has 1 aliphatic heterocycles. The molecule has 4 nitrogen and oxygen atoms in total. The number of rotatable bonds is 4. The molecule has 1 aliphatic rings. The van der Waals surface area contributed by atoms with Gasteiger partial charge < -0.3 is 9.80 Å². The molecule has 0 atom stereocenters. The number of amides is 1. The van der Waals surface area contributed by atoms with E-state index in [1.54, 1.807) is 18.0 Å². The van der Waals surface area contributed by atoms with Gasteiger partial charge in [-0.3, -0.25) is 10.2 Å². The van der Waals surface area contributed by atoms with Gasteiger partial charge in [0.2, 0.25) is 5.91 Å². The van der Waals surface area contributed by atoms with Crippen molar-refractivity contribution in [3.05, 3.63) is 0 Å². The lowest BCUT2D eigenvalue weighted by molar-refractivity contribution is -0.129. The van der Waals surface area contributed by atoms with Crippen LogP contribution in [0.2, 0.25) is 0 Å². The van der Waals surface area contributed by atoms with Crippen molar-refractivity contribution < 1.29 is 10.2 Å². The van der Waals surface area contributed by atoms with Crippen molar-refractivity contribution in [3.63, 3.8) is 0 Å². The molecule has 1 amide bonds. The lowest BCUT2D eigenvalue weighted by Gasteiger charge is -2.32. The monoisotopic (exact) mass is 216 g/mol. The van der Waals surface area contributed by atoms with Crippen molar-refractivity contribution in [1.82, 2.24) is 9.80 Å². The summed E-state index contributed by atoms with van der Waals surface area (Å²) in [6.45, 7) is 3.70. The first-order valence-electron chi connectivity index (χ1n) is 4.81. The predicted octanol–water partition coefficient (Wildman–Crippen LogP) is -1.68. The van der Waals surface area contributed by atoms with E-state index in [0.29, 0.717) is 5.75 Å². The minimum Gasteiger partial charge on any atom is -0.339 e. The maximum atomic E-state index is 11.6. The molecule has 0 bridgehead atoms. The second-order valence-electron chi connectivity index (χ2n) is 3.43. The zero-order chi connectivity index (χ0) is 10.4. The van der Waals surface area contributed by atoms with Crippen molar-refractivity contribution in [2.45, 2.75) is 0 Å². The first-order valence-corrected chi connectivity index (χ1v) is 5.97. The number of piperazine rings is 1. The lowest BCUT2D eigenvalue weighted by Crippen LogP contribution is -2.47. The van der Waals surface area contributed by atoms with Crippen LogP contribution >= 0.6 is 11.8 Å². The topological polar surface area (TPSA) is 49.1 Å². The number of thioether (sulfide) groups is 1. The van der Waals surface area contributed by atoms with Gasteiger partial charge >= 0.3 is 0 Å². The fraction of sp³-hybridized carbons (Fsp3) is 0.778. The summed E-state index contributed by atoms with van der Waals surface area (Å²) in [6.07, 6.45) is 1.59. The van der Waals surface area contributed by atoms with Crippen LogP contribution < -0.4 is 5.41 Å². The Hall–Kier alpha value is -0.550. The Kier molecular flexibility index (Phi) is 4.97. The molecule has 1 heterocycles. The quantitative estimate of drug-likeness (QED) is 0.451. The molecule has 14 heavy (non-hydrogen) atoms. The number of hydrogen-bond acceptors (Lipinski definition) is 3. The van der Waals surface area contributed by atoms with E-state index in [0.717, 1.165) is 31.9 Å². The van der Waals surface area contributed by atoms with E-state index < -0.39 is 0 Å². The number of carbonyl (C=O) groups excluding carboxylic acids is 1. The second kappa shape index (κ2) is 6.03. The van der Waals surface area contributed by atoms with Crippen LogP contribution in [0.25, 0.3) is 0 Å². The third kappa shape index (κ3) is 3.67. The molecule has 0 spiro atoms. The number of carbonyl (C=O) groups is 1. The normalized spacial score (nSPS) is 18.2. The van der Waals surface area contributed by atoms with Crippen molar-refractivity contribution in [3.8, 4) is 0 Å². The Morgan fingerprint density at radius 2 is 2.07 bits per heavy atom. The third-order valence-corrected chi connectivity index (χ3v) is 3.17. The van der Waals surface area contributed by atoms with Gasteiger partial charge in [-0.1, -0.05) is 0 Å². The number of nitrogens with zero attached hydrogens (tertiary/aromatic N) is 2. The van der Waals surface area contributed by atoms with Crippen LogP contribution in [0.4, 0.5) is 0 Å². The highest BCUT2D eigenvalue weighted by atomic mass is 32.2. The molecule has 1 rings (SSSR count). The Morgan fingerprint density at radius 1 is 1.43 bits per heavy atom. The SMILES string of the molecule is CN1CCN(C(=O)CSCC=[NH2+])CC1. The average molecular weight is 216 g/mol. The average Bonchev–Trinajstić information content (AvgIpc) is 2.19. The fourth-order valence-electron chi connectivity index (χ4n) is 1.36. The number of nitrogens with two attached hydrogens (primary N) is 1. The maximum Gasteiger partial charge on any atom is 0.232 e. The van der Waals surface area contributed by atoms with Crippen LogP contribution in [0.5, 0.6) is 0 Å². The number of hydrogen-bond donors (Lipinski definition) is 1. The zero-order valence-corrected chi connectivity index (χ0v) is 9.42. The van der Waals surface area contributed by atoms with Crippen molar-refractivity contribution in [2.24, 2.45) is 0 Å². The van der Waals surface area contributed by atoms with E-state index in [1.807, 2.05) is 4.90 Å². The first kappa shape index (κ1) is 11.5. The van der Waals surface area contributed by atoms with Crippen LogP contribution in [-0.4, -0.2) is 66.7 Å². The van der Waals surface area contributed by atoms with Gasteiger partial charge in [0.25, 0.3) is 0 Å². The van der Waals surface area contributed by atoms with Gasteiger partial charge in [0, 0.05) is 26.2 Å². The summed E-state index contributed by atoms with van der Waals surface area (Å²) in [6, 6.07) is 0. The summed E-state index contributed by atoms with van der Waals surface area (Å²) in [4.78, 5) is 15.8. The molecule has 0 radical (unpaired) electrons. The van der Waals surface area contributed by atoms with Crippen molar-refractivity contribution >= 4 is 23.9 Å². The Labute approximate surface area is 89.1 Å². The van der Waals surface area contributed by atoms with E-state index in [4.69, 9.17) is 5.41 Å². The Morgan fingerprint density at radius 3 is 2.64 bits per heavy atom. The lowest BCUT2D eigenvalue weighted by atomic mass is 10.3. The molecule has 0 unspecified atom stereocenters. The molecular weight excluding hydrogens is 198 g/mol. The van der Waals surface area contributed by atoms with E-state index >= 15 is 0 Å². The van der Waals surface area contributed by atoms with Gasteiger partial charge in [-0.05, 0) is 7.05 Å². The number of likely N-dealkylation sites (N-methyl/N-ethyl adjacent to an activating group) is 1. The van der Waals surface area contributed by atoms with E-state index in [1.165, 1.54) is 0 Å². The highest BCUT2D eigenvalue weighted by molar-refractivity contribution is 8.00. The molecule has 0 aliphatic carbocycles. The zero-order valence-electron chi connectivity index (χ0n) is 8.61. The molecule has 0 aromatic heterocycles. The standard InChI is InChI=1S/C9H17N3OS/c1-11-3-5-12(6-4-11)9(13)8-14-7-2-10/h2,10H,3-8H2,1H3/p+1. The molecule has 0 aromatic rings. The van der Waals surface area contributed by atoms with Gasteiger partial charge in [-0.2, -0.15) is 0 Å². The molecule has 1 fully saturated rings. The van der Waals surface area contributed by atoms with E-state index in [9.17, 15) is 4.79 Å². The smallest absolute Gasteiger partial charge is 0.232 e. The minimum atomic E-state index is 0.241. The summed E-state index contributed by atoms with van der Waals surface area (Å²) in [5.74, 6) is 1.54. The molecular formula is C9H18N3OS+. The van der Waals surface area contributed by atoms with Gasteiger partial charge in [-0.25, -0.2) is 0 Å². The van der Waals surface area contributed by atoms with Crippen LogP contribution in [0, 0.1) is 0 Å². The summed E-state index contributed by atoms with van der Waals surface area (Å²) in [5, 5.41) is 5.23. The Bertz CT molecular complexity index is 202. The van der Waals surface area contributed by atoms with Crippen LogP contribution in [0.1, 0.15) is 0 Å². The van der Waals surface area contributed by atoms with Crippen LogP contribution in [0.15, 0.2) is 0 Å². The van der Waals surface area contributed by atoms with E-state index in [2.05, 4.69) is 11.9 Å². The molecule has 1 saturated heterocycles. The molecule has 5 heteroatoms. The third-order valence-electron chi connectivity index (χ3n) is 2.30. The van der Waals surface area contributed by atoms with Gasteiger partial charge in [0.15, 0.2) is 0 Å². The first-order chi connectivity index (χ1) is 6.74. The second-order valence-corrected chi connectivity index (χ2v) is 4.47. The summed E-state index contributed by atoms with van der Waals surface area (Å²) in [7, 11) is 2.08. The van der Waals surface area contributed by atoms with Crippen molar-refractivity contribution in [1.29, 1.82) is 0 Å². The molecule has 0 saturated carbocycles. The van der Waals surface area contributed by atoms with Gasteiger partial charge in [0.1, 0.15) is 6.21 Å². The van der Waals surface area contributed by atoms with Crippen LogP contribution in [0.3, 0.4) is 0 Å². The fourth-order valence-corrected chi connectivity index (χ4v) is 1.97. The highest BCUT2D eigenvalue weighted by Gasteiger charge is 2.18. The maximum absolute atomic E-state index is 11.6. The minimum absolute atomic E-state index is 0.241. The Balaban J connectivity index is 2.20. The largest absolute Gasteiger partial charge is 0.339 e. The summed E-state index contributed by atoms with van der Waals surface area (Å²) < 4.78 is 0. The van der Waals surface area contributed by atoms with Crippen molar-refractivity contribution in [2.75, 3.05) is 44.7 Å². The highest BCUT2D eigenvalue weighted by Crippen LogP contribution is 2.04. The molecule has 80 valence electrons. The molecule has 2 N–H and O–H groups in total. The summed E-state index contributed by atoms with van der Waals surface area (Å²) in [5.41, 5.74) is 0.